The zero-order valence-corrected chi connectivity index (χ0v) is 15.4. The maximum absolute atomic E-state index is 11.8. The molecule has 0 atom stereocenters. The van der Waals surface area contributed by atoms with Gasteiger partial charge >= 0.3 is 0 Å². The Morgan fingerprint density at radius 3 is 2.32 bits per heavy atom. The van der Waals surface area contributed by atoms with Crippen LogP contribution in [0.3, 0.4) is 0 Å². The van der Waals surface area contributed by atoms with Gasteiger partial charge in [0.2, 0.25) is 5.91 Å². The first kappa shape index (κ1) is 21.4. The summed E-state index contributed by atoms with van der Waals surface area (Å²) in [6.45, 7) is 10.1. The van der Waals surface area contributed by atoms with Crippen LogP contribution < -0.4 is 0 Å². The summed E-state index contributed by atoms with van der Waals surface area (Å²) in [6.07, 6.45) is 0.436. The van der Waals surface area contributed by atoms with Crippen molar-refractivity contribution in [2.45, 2.75) is 39.4 Å². The first-order valence-electron chi connectivity index (χ1n) is 7.88. The van der Waals surface area contributed by atoms with E-state index in [1.807, 2.05) is 25.6 Å². The standard InChI is InChI=1S/C16H31NO4S/c1-13(2)15(18)6-8-20-9-7-17(5)16(19)12-21-10-11-22-14(3)4/h13-14H,6-12H2,1-5H3. The molecule has 0 saturated heterocycles. The average Bonchev–Trinajstić information content (AvgIpc) is 2.45. The number of nitrogens with zero attached hydrogens (tertiary/aromatic N) is 1. The second-order valence-corrected chi connectivity index (χ2v) is 7.46. The van der Waals surface area contributed by atoms with Crippen molar-refractivity contribution in [3.05, 3.63) is 0 Å². The van der Waals surface area contributed by atoms with Crippen molar-refractivity contribution in [2.24, 2.45) is 5.92 Å². The van der Waals surface area contributed by atoms with Gasteiger partial charge in [0.25, 0.3) is 0 Å². The maximum atomic E-state index is 11.8. The van der Waals surface area contributed by atoms with Crippen LogP contribution in [-0.2, 0) is 19.1 Å². The summed E-state index contributed by atoms with van der Waals surface area (Å²) in [5.41, 5.74) is 0. The molecule has 0 saturated carbocycles. The van der Waals surface area contributed by atoms with E-state index in [9.17, 15) is 9.59 Å². The van der Waals surface area contributed by atoms with Gasteiger partial charge in [-0.25, -0.2) is 0 Å². The Balaban J connectivity index is 3.56. The lowest BCUT2D eigenvalue weighted by Crippen LogP contribution is -2.33. The molecule has 0 aromatic heterocycles. The number of hydrogen-bond donors (Lipinski definition) is 0. The zero-order chi connectivity index (χ0) is 17.0. The molecular weight excluding hydrogens is 302 g/mol. The third-order valence-electron chi connectivity index (χ3n) is 3.04. The van der Waals surface area contributed by atoms with E-state index in [2.05, 4.69) is 13.8 Å². The van der Waals surface area contributed by atoms with Crippen molar-refractivity contribution in [2.75, 3.05) is 45.8 Å². The summed E-state index contributed by atoms with van der Waals surface area (Å²) in [6, 6.07) is 0. The van der Waals surface area contributed by atoms with Gasteiger partial charge in [-0.05, 0) is 5.25 Å². The van der Waals surface area contributed by atoms with Crippen molar-refractivity contribution in [3.8, 4) is 0 Å². The van der Waals surface area contributed by atoms with E-state index < -0.39 is 0 Å². The fourth-order valence-electron chi connectivity index (χ4n) is 1.50. The molecule has 0 bridgehead atoms. The molecule has 0 fully saturated rings. The number of rotatable bonds is 13. The van der Waals surface area contributed by atoms with Crippen molar-refractivity contribution in [3.63, 3.8) is 0 Å². The van der Waals surface area contributed by atoms with Gasteiger partial charge in [-0.15, -0.1) is 0 Å². The first-order chi connectivity index (χ1) is 10.3. The maximum Gasteiger partial charge on any atom is 0.248 e. The van der Waals surface area contributed by atoms with Crippen LogP contribution >= 0.6 is 11.8 Å². The molecule has 0 aliphatic carbocycles. The number of likely N-dealkylation sites (N-methyl/N-ethyl adjacent to an activating group) is 1. The van der Waals surface area contributed by atoms with Crippen LogP contribution in [0.1, 0.15) is 34.1 Å². The molecule has 0 aliphatic heterocycles. The molecule has 0 aromatic carbocycles. The van der Waals surface area contributed by atoms with E-state index in [1.54, 1.807) is 11.9 Å². The second-order valence-electron chi connectivity index (χ2n) is 5.77. The number of amides is 1. The number of Topliss-reactive ketones (excluding diaryl/α,β-unsaturated/α-hetero) is 1. The van der Waals surface area contributed by atoms with Crippen LogP contribution in [0, 0.1) is 5.92 Å². The number of carbonyl (C=O) groups is 2. The van der Waals surface area contributed by atoms with Crippen LogP contribution in [0.4, 0.5) is 0 Å². The molecule has 0 unspecified atom stereocenters. The van der Waals surface area contributed by atoms with Crippen molar-refractivity contribution in [1.29, 1.82) is 0 Å². The summed E-state index contributed by atoms with van der Waals surface area (Å²) < 4.78 is 10.7. The highest BCUT2D eigenvalue weighted by Gasteiger charge is 2.09. The first-order valence-corrected chi connectivity index (χ1v) is 8.93. The highest BCUT2D eigenvalue weighted by molar-refractivity contribution is 7.99. The monoisotopic (exact) mass is 333 g/mol. The van der Waals surface area contributed by atoms with Gasteiger partial charge in [0.05, 0.1) is 19.8 Å². The molecule has 0 aliphatic rings. The zero-order valence-electron chi connectivity index (χ0n) is 14.6. The van der Waals surface area contributed by atoms with Gasteiger partial charge < -0.3 is 14.4 Å². The minimum Gasteiger partial charge on any atom is -0.379 e. The Kier molecular flexibility index (Phi) is 12.6. The van der Waals surface area contributed by atoms with Crippen LogP contribution in [-0.4, -0.2) is 67.6 Å². The van der Waals surface area contributed by atoms with Crippen LogP contribution in [0.25, 0.3) is 0 Å². The summed E-state index contributed by atoms with van der Waals surface area (Å²) in [5, 5.41) is 0.585. The predicted molar refractivity (Wildman–Crippen MR) is 91.3 cm³/mol. The minimum absolute atomic E-state index is 0.0450. The lowest BCUT2D eigenvalue weighted by molar-refractivity contribution is -0.135. The van der Waals surface area contributed by atoms with Gasteiger partial charge in [-0.3, -0.25) is 9.59 Å². The van der Waals surface area contributed by atoms with E-state index in [-0.39, 0.29) is 24.2 Å². The van der Waals surface area contributed by atoms with Crippen molar-refractivity contribution < 1.29 is 19.1 Å². The normalized spacial score (nSPS) is 11.2. The number of carbonyl (C=O) groups excluding carboxylic acids is 2. The van der Waals surface area contributed by atoms with Crippen molar-refractivity contribution >= 4 is 23.5 Å². The molecule has 0 aromatic rings. The Morgan fingerprint density at radius 2 is 1.73 bits per heavy atom. The molecule has 22 heavy (non-hydrogen) atoms. The summed E-state index contributed by atoms with van der Waals surface area (Å²) in [4.78, 5) is 24.8. The third kappa shape index (κ3) is 12.0. The van der Waals surface area contributed by atoms with E-state index in [1.165, 1.54) is 0 Å². The summed E-state index contributed by atoms with van der Waals surface area (Å²) >= 11 is 1.82. The fourth-order valence-corrected chi connectivity index (χ4v) is 2.19. The van der Waals surface area contributed by atoms with Gasteiger partial charge in [-0.1, -0.05) is 27.7 Å². The third-order valence-corrected chi connectivity index (χ3v) is 4.11. The smallest absolute Gasteiger partial charge is 0.248 e. The molecule has 0 spiro atoms. The number of hydrogen-bond acceptors (Lipinski definition) is 5. The summed E-state index contributed by atoms with van der Waals surface area (Å²) in [5.74, 6) is 1.12. The lowest BCUT2D eigenvalue weighted by Gasteiger charge is -2.17. The van der Waals surface area contributed by atoms with E-state index in [0.29, 0.717) is 38.0 Å². The Morgan fingerprint density at radius 1 is 1.05 bits per heavy atom. The molecule has 0 rings (SSSR count). The second kappa shape index (κ2) is 12.9. The molecule has 130 valence electrons. The van der Waals surface area contributed by atoms with Crippen LogP contribution in [0.2, 0.25) is 0 Å². The summed E-state index contributed by atoms with van der Waals surface area (Å²) in [7, 11) is 1.73. The molecule has 5 nitrogen and oxygen atoms in total. The topological polar surface area (TPSA) is 55.8 Å². The van der Waals surface area contributed by atoms with Gasteiger partial charge in [-0.2, -0.15) is 11.8 Å². The molecule has 0 heterocycles. The fraction of sp³-hybridized carbons (Fsp3) is 0.875. The Labute approximate surface area is 139 Å². The molecule has 0 radical (unpaired) electrons. The van der Waals surface area contributed by atoms with Gasteiger partial charge in [0.15, 0.2) is 0 Å². The van der Waals surface area contributed by atoms with E-state index >= 15 is 0 Å². The molecular formula is C16H31NO4S. The van der Waals surface area contributed by atoms with Crippen molar-refractivity contribution in [1.82, 2.24) is 4.90 Å². The van der Waals surface area contributed by atoms with Gasteiger partial charge in [0, 0.05) is 31.7 Å². The number of thioether (sulfide) groups is 1. The molecule has 1 amide bonds. The van der Waals surface area contributed by atoms with Crippen LogP contribution in [0.5, 0.6) is 0 Å². The van der Waals surface area contributed by atoms with Gasteiger partial charge in [0.1, 0.15) is 12.4 Å². The minimum atomic E-state index is -0.0450. The highest BCUT2D eigenvalue weighted by Crippen LogP contribution is 2.07. The number of ether oxygens (including phenoxy) is 2. The quantitative estimate of drug-likeness (QED) is 0.484. The van der Waals surface area contributed by atoms with E-state index in [0.717, 1.165) is 5.75 Å². The highest BCUT2D eigenvalue weighted by atomic mass is 32.2. The SMILES string of the molecule is CC(C)SCCOCC(=O)N(C)CCOCCC(=O)C(C)C. The molecule has 6 heteroatoms. The molecule has 0 N–H and O–H groups in total. The Hall–Kier alpha value is -0.590. The Bertz CT molecular complexity index is 321. The largest absolute Gasteiger partial charge is 0.379 e. The average molecular weight is 333 g/mol. The predicted octanol–water partition coefficient (Wildman–Crippen LogP) is 2.23. The van der Waals surface area contributed by atoms with Crippen LogP contribution in [0.15, 0.2) is 0 Å². The number of ketones is 1. The lowest BCUT2D eigenvalue weighted by atomic mass is 10.1. The van der Waals surface area contributed by atoms with E-state index in [4.69, 9.17) is 9.47 Å².